The second-order valence-electron chi connectivity index (χ2n) is 5.89. The van der Waals surface area contributed by atoms with Gasteiger partial charge in [-0.05, 0) is 56.3 Å². The van der Waals surface area contributed by atoms with Gasteiger partial charge in [0.2, 0.25) is 0 Å². The molecule has 2 heteroatoms. The van der Waals surface area contributed by atoms with Gasteiger partial charge in [-0.15, -0.1) is 0 Å². The summed E-state index contributed by atoms with van der Waals surface area (Å²) in [5.41, 5.74) is 4.46. The Hall–Kier alpha value is -1.02. The van der Waals surface area contributed by atoms with E-state index in [4.69, 9.17) is 0 Å². The van der Waals surface area contributed by atoms with Gasteiger partial charge in [0.25, 0.3) is 0 Å². The Morgan fingerprint density at radius 1 is 1.39 bits per heavy atom. The van der Waals surface area contributed by atoms with Crippen LogP contribution in [0.2, 0.25) is 0 Å². The van der Waals surface area contributed by atoms with Crippen LogP contribution in [-0.4, -0.2) is 20.1 Å². The molecule has 1 aliphatic carbocycles. The molecule has 98 valence electrons. The highest BCUT2D eigenvalue weighted by molar-refractivity contribution is 5.59. The van der Waals surface area contributed by atoms with Crippen molar-refractivity contribution in [1.29, 1.82) is 0 Å². The predicted molar refractivity (Wildman–Crippen MR) is 77.2 cm³/mol. The van der Waals surface area contributed by atoms with Crippen molar-refractivity contribution in [3.63, 3.8) is 0 Å². The molecule has 1 atom stereocenters. The van der Waals surface area contributed by atoms with E-state index in [1.54, 1.807) is 5.56 Å². The van der Waals surface area contributed by atoms with Crippen LogP contribution in [0.5, 0.6) is 0 Å². The van der Waals surface area contributed by atoms with Crippen molar-refractivity contribution in [2.24, 2.45) is 5.92 Å². The highest BCUT2D eigenvalue weighted by Gasteiger charge is 2.25. The first-order valence-corrected chi connectivity index (χ1v) is 7.33. The first kappa shape index (κ1) is 12.0. The molecule has 0 amide bonds. The lowest BCUT2D eigenvalue weighted by atomic mass is 9.85. The monoisotopic (exact) mass is 244 g/mol. The first-order valence-electron chi connectivity index (χ1n) is 7.33. The van der Waals surface area contributed by atoms with Crippen LogP contribution in [0, 0.1) is 5.92 Å². The summed E-state index contributed by atoms with van der Waals surface area (Å²) in [6, 6.07) is 7.48. The van der Waals surface area contributed by atoms with Crippen molar-refractivity contribution in [3.05, 3.63) is 29.3 Å². The summed E-state index contributed by atoms with van der Waals surface area (Å²) in [7, 11) is 2.03. The minimum absolute atomic E-state index is 0.455. The van der Waals surface area contributed by atoms with E-state index < -0.39 is 0 Å². The van der Waals surface area contributed by atoms with E-state index in [-0.39, 0.29) is 0 Å². The minimum Gasteiger partial charge on any atom is -0.371 e. The van der Waals surface area contributed by atoms with Crippen molar-refractivity contribution in [1.82, 2.24) is 5.32 Å². The summed E-state index contributed by atoms with van der Waals surface area (Å²) < 4.78 is 0. The van der Waals surface area contributed by atoms with Crippen LogP contribution in [0.1, 0.15) is 43.4 Å². The molecule has 1 aromatic carbocycles. The second kappa shape index (κ2) is 4.93. The Morgan fingerprint density at radius 3 is 2.89 bits per heavy atom. The maximum absolute atomic E-state index is 3.32. The fourth-order valence-corrected chi connectivity index (χ4v) is 3.10. The topological polar surface area (TPSA) is 15.3 Å². The fourth-order valence-electron chi connectivity index (χ4n) is 3.10. The predicted octanol–water partition coefficient (Wildman–Crippen LogP) is 3.13. The van der Waals surface area contributed by atoms with Crippen molar-refractivity contribution in [2.45, 2.75) is 38.6 Å². The van der Waals surface area contributed by atoms with Crippen LogP contribution in [0.25, 0.3) is 0 Å². The summed E-state index contributed by atoms with van der Waals surface area (Å²) in [6.07, 6.45) is 5.57. The van der Waals surface area contributed by atoms with E-state index in [1.165, 1.54) is 50.0 Å². The molecule has 1 aromatic rings. The number of benzene rings is 1. The summed E-state index contributed by atoms with van der Waals surface area (Å²) >= 11 is 0. The van der Waals surface area contributed by atoms with Crippen molar-refractivity contribution < 1.29 is 0 Å². The Balaban J connectivity index is 1.75. The van der Waals surface area contributed by atoms with Gasteiger partial charge in [-0.1, -0.05) is 18.6 Å². The highest BCUT2D eigenvalue weighted by atomic mass is 15.1. The SMILES string of the molecule is CNC(C)c1ccc2c(c1)CCN2CC1CCC1. The number of rotatable bonds is 4. The number of nitrogens with one attached hydrogen (secondary N) is 1. The molecule has 1 unspecified atom stereocenters. The molecule has 1 N–H and O–H groups in total. The average Bonchev–Trinajstić information content (AvgIpc) is 2.75. The number of hydrogen-bond donors (Lipinski definition) is 1. The Morgan fingerprint density at radius 2 is 2.22 bits per heavy atom. The summed E-state index contributed by atoms with van der Waals surface area (Å²) in [4.78, 5) is 2.60. The molecular formula is C16H24N2. The lowest BCUT2D eigenvalue weighted by molar-refractivity contribution is 0.319. The molecule has 1 aliphatic heterocycles. The lowest BCUT2D eigenvalue weighted by Gasteiger charge is -2.31. The van der Waals surface area contributed by atoms with Crippen LogP contribution in [-0.2, 0) is 6.42 Å². The molecule has 0 saturated heterocycles. The van der Waals surface area contributed by atoms with Crippen LogP contribution < -0.4 is 10.2 Å². The van der Waals surface area contributed by atoms with E-state index in [1.807, 2.05) is 7.05 Å². The molecule has 18 heavy (non-hydrogen) atoms. The maximum Gasteiger partial charge on any atom is 0.0399 e. The Kier molecular flexibility index (Phi) is 3.29. The van der Waals surface area contributed by atoms with E-state index in [0.29, 0.717) is 6.04 Å². The van der Waals surface area contributed by atoms with E-state index in [2.05, 4.69) is 35.3 Å². The quantitative estimate of drug-likeness (QED) is 0.875. The van der Waals surface area contributed by atoms with Gasteiger partial charge in [0.15, 0.2) is 0 Å². The van der Waals surface area contributed by atoms with Gasteiger partial charge in [-0.3, -0.25) is 0 Å². The van der Waals surface area contributed by atoms with Crippen LogP contribution in [0.4, 0.5) is 5.69 Å². The number of fused-ring (bicyclic) bond motifs is 1. The maximum atomic E-state index is 3.32. The minimum atomic E-state index is 0.455. The summed E-state index contributed by atoms with van der Waals surface area (Å²) in [5, 5.41) is 3.32. The molecular weight excluding hydrogens is 220 g/mol. The highest BCUT2D eigenvalue weighted by Crippen LogP contribution is 2.34. The van der Waals surface area contributed by atoms with Gasteiger partial charge >= 0.3 is 0 Å². The molecule has 0 bridgehead atoms. The van der Waals surface area contributed by atoms with Crippen LogP contribution in [0.3, 0.4) is 0 Å². The molecule has 1 fully saturated rings. The zero-order valence-corrected chi connectivity index (χ0v) is 11.6. The molecule has 1 saturated carbocycles. The first-order chi connectivity index (χ1) is 8.78. The lowest BCUT2D eigenvalue weighted by Crippen LogP contribution is -2.31. The third-order valence-electron chi connectivity index (χ3n) is 4.73. The molecule has 3 rings (SSSR count). The number of hydrogen-bond acceptors (Lipinski definition) is 2. The second-order valence-corrected chi connectivity index (χ2v) is 5.89. The van der Waals surface area contributed by atoms with Gasteiger partial charge in [0.05, 0.1) is 0 Å². The zero-order valence-electron chi connectivity index (χ0n) is 11.6. The normalized spacial score (nSPS) is 20.7. The van der Waals surface area contributed by atoms with Crippen molar-refractivity contribution >= 4 is 5.69 Å². The zero-order chi connectivity index (χ0) is 12.5. The van der Waals surface area contributed by atoms with Crippen molar-refractivity contribution in [3.8, 4) is 0 Å². The molecule has 0 aromatic heterocycles. The van der Waals surface area contributed by atoms with Crippen LogP contribution >= 0.6 is 0 Å². The van der Waals surface area contributed by atoms with Gasteiger partial charge in [0.1, 0.15) is 0 Å². The molecule has 2 nitrogen and oxygen atoms in total. The van der Waals surface area contributed by atoms with Gasteiger partial charge in [-0.25, -0.2) is 0 Å². The van der Waals surface area contributed by atoms with Crippen LogP contribution in [0.15, 0.2) is 18.2 Å². The fraction of sp³-hybridized carbons (Fsp3) is 0.625. The molecule has 1 heterocycles. The number of anilines is 1. The smallest absolute Gasteiger partial charge is 0.0399 e. The van der Waals surface area contributed by atoms with Gasteiger partial charge in [0, 0.05) is 24.8 Å². The molecule has 0 spiro atoms. The standard InChI is InChI=1S/C16H24N2/c1-12(17-2)14-6-7-16-15(10-14)8-9-18(16)11-13-4-3-5-13/h6-7,10,12-13,17H,3-5,8-9,11H2,1-2H3. The Labute approximate surface area is 110 Å². The third-order valence-corrected chi connectivity index (χ3v) is 4.73. The van der Waals surface area contributed by atoms with E-state index in [0.717, 1.165) is 5.92 Å². The number of nitrogens with zero attached hydrogens (tertiary/aromatic N) is 1. The largest absolute Gasteiger partial charge is 0.371 e. The van der Waals surface area contributed by atoms with Gasteiger partial charge < -0.3 is 10.2 Å². The third kappa shape index (κ3) is 2.14. The van der Waals surface area contributed by atoms with E-state index >= 15 is 0 Å². The summed E-state index contributed by atoms with van der Waals surface area (Å²) in [5.74, 6) is 0.965. The molecule has 0 radical (unpaired) electrons. The Bertz CT molecular complexity index is 423. The average molecular weight is 244 g/mol. The van der Waals surface area contributed by atoms with Gasteiger partial charge in [-0.2, -0.15) is 0 Å². The van der Waals surface area contributed by atoms with Crippen molar-refractivity contribution in [2.75, 3.05) is 25.0 Å². The summed E-state index contributed by atoms with van der Waals surface area (Å²) in [6.45, 7) is 4.74. The molecule has 2 aliphatic rings. The van der Waals surface area contributed by atoms with E-state index in [9.17, 15) is 0 Å².